The van der Waals surface area contributed by atoms with E-state index in [4.69, 9.17) is 14.3 Å². The Bertz CT molecular complexity index is 449. The van der Waals surface area contributed by atoms with Crippen molar-refractivity contribution >= 4 is 21.8 Å². The van der Waals surface area contributed by atoms with Crippen LogP contribution >= 0.6 is 15.9 Å². The molecule has 6 heteroatoms. The van der Waals surface area contributed by atoms with Crippen molar-refractivity contribution in [3.63, 3.8) is 0 Å². The molecule has 0 saturated heterocycles. The number of hydroxylamine groups is 1. The summed E-state index contributed by atoms with van der Waals surface area (Å²) in [5.74, 6) is 0.949. The number of halogens is 1. The maximum absolute atomic E-state index is 12.0. The normalized spacial score (nSPS) is 10.4. The molecule has 0 fully saturated rings. The molecule has 1 rings (SSSR count). The van der Waals surface area contributed by atoms with Gasteiger partial charge in [-0.3, -0.25) is 9.63 Å². The molecule has 0 radical (unpaired) electrons. The van der Waals surface area contributed by atoms with Gasteiger partial charge < -0.3 is 9.47 Å². The lowest BCUT2D eigenvalue weighted by atomic mass is 10.2. The highest BCUT2D eigenvalue weighted by molar-refractivity contribution is 9.10. The number of hydrogen-bond donors (Lipinski definition) is 1. The molecular formula is C13H18BrNO4. The Kier molecular flexibility index (Phi) is 6.11. The van der Waals surface area contributed by atoms with Crippen molar-refractivity contribution in [1.82, 2.24) is 5.48 Å². The largest absolute Gasteiger partial charge is 0.497 e. The van der Waals surface area contributed by atoms with E-state index in [0.29, 0.717) is 34.1 Å². The predicted octanol–water partition coefficient (Wildman–Crippen LogP) is 2.78. The fourth-order valence-electron chi connectivity index (χ4n) is 1.39. The topological polar surface area (TPSA) is 56.8 Å². The number of benzene rings is 1. The molecule has 0 aliphatic heterocycles. The van der Waals surface area contributed by atoms with Crippen LogP contribution in [0.5, 0.6) is 11.5 Å². The monoisotopic (exact) mass is 331 g/mol. The lowest BCUT2D eigenvalue weighted by molar-refractivity contribution is 0.0206. The Balaban J connectivity index is 2.90. The molecule has 0 unspecified atom stereocenters. The van der Waals surface area contributed by atoms with Gasteiger partial charge in [0.25, 0.3) is 5.91 Å². The van der Waals surface area contributed by atoms with Gasteiger partial charge in [-0.25, -0.2) is 5.48 Å². The second kappa shape index (κ2) is 7.35. The molecule has 0 saturated carbocycles. The van der Waals surface area contributed by atoms with Gasteiger partial charge in [0.15, 0.2) is 0 Å². The van der Waals surface area contributed by atoms with E-state index in [0.717, 1.165) is 0 Å². The fourth-order valence-corrected chi connectivity index (χ4v) is 1.99. The SMILES string of the molecule is COc1cc(Br)c(OC)c(C(=O)NOCC(C)C)c1. The van der Waals surface area contributed by atoms with E-state index in [1.165, 1.54) is 14.2 Å². The summed E-state index contributed by atoms with van der Waals surface area (Å²) in [5, 5.41) is 0. The van der Waals surface area contributed by atoms with E-state index in [1.807, 2.05) is 13.8 Å². The van der Waals surface area contributed by atoms with Crippen molar-refractivity contribution in [3.8, 4) is 11.5 Å². The third-order valence-electron chi connectivity index (χ3n) is 2.28. The molecule has 1 N–H and O–H groups in total. The van der Waals surface area contributed by atoms with Crippen molar-refractivity contribution in [3.05, 3.63) is 22.2 Å². The Morgan fingerprint density at radius 2 is 2.00 bits per heavy atom. The van der Waals surface area contributed by atoms with Crippen LogP contribution < -0.4 is 15.0 Å². The maximum atomic E-state index is 12.0. The van der Waals surface area contributed by atoms with Gasteiger partial charge in [0, 0.05) is 0 Å². The second-order valence-corrected chi connectivity index (χ2v) is 5.18. The molecule has 0 aliphatic carbocycles. The van der Waals surface area contributed by atoms with Gasteiger partial charge in [0.1, 0.15) is 11.5 Å². The summed E-state index contributed by atoms with van der Waals surface area (Å²) in [6, 6.07) is 3.32. The first-order valence-corrected chi connectivity index (χ1v) is 6.62. The summed E-state index contributed by atoms with van der Waals surface area (Å²) >= 11 is 3.33. The van der Waals surface area contributed by atoms with Crippen LogP contribution in [0, 0.1) is 5.92 Å². The third kappa shape index (κ3) is 4.40. The molecule has 19 heavy (non-hydrogen) atoms. The Morgan fingerprint density at radius 1 is 1.32 bits per heavy atom. The first-order chi connectivity index (χ1) is 8.99. The molecule has 1 amide bonds. The molecule has 0 bridgehead atoms. The second-order valence-electron chi connectivity index (χ2n) is 4.33. The maximum Gasteiger partial charge on any atom is 0.278 e. The quantitative estimate of drug-likeness (QED) is 0.814. The number of nitrogens with one attached hydrogen (secondary N) is 1. The number of methoxy groups -OCH3 is 2. The van der Waals surface area contributed by atoms with Crippen molar-refractivity contribution < 1.29 is 19.1 Å². The number of amides is 1. The number of carbonyl (C=O) groups is 1. The molecule has 0 spiro atoms. The minimum atomic E-state index is -0.378. The summed E-state index contributed by atoms with van der Waals surface area (Å²) in [7, 11) is 3.03. The summed E-state index contributed by atoms with van der Waals surface area (Å²) in [5.41, 5.74) is 2.73. The van der Waals surface area contributed by atoms with Crippen molar-refractivity contribution in [2.45, 2.75) is 13.8 Å². The van der Waals surface area contributed by atoms with Gasteiger partial charge in [0.2, 0.25) is 0 Å². The molecular weight excluding hydrogens is 314 g/mol. The smallest absolute Gasteiger partial charge is 0.278 e. The Hall–Kier alpha value is -1.27. The van der Waals surface area contributed by atoms with E-state index in [-0.39, 0.29) is 5.91 Å². The summed E-state index contributed by atoms with van der Waals surface area (Å²) in [6.45, 7) is 4.43. The molecule has 1 aromatic rings. The number of rotatable bonds is 6. The lowest BCUT2D eigenvalue weighted by Gasteiger charge is -2.13. The minimum Gasteiger partial charge on any atom is -0.497 e. The van der Waals surface area contributed by atoms with Crippen molar-refractivity contribution in [2.24, 2.45) is 5.92 Å². The number of ether oxygens (including phenoxy) is 2. The number of carbonyl (C=O) groups excluding carboxylic acids is 1. The van der Waals surface area contributed by atoms with E-state index in [2.05, 4.69) is 21.4 Å². The van der Waals surface area contributed by atoms with Crippen molar-refractivity contribution in [1.29, 1.82) is 0 Å². The van der Waals surface area contributed by atoms with Gasteiger partial charge in [-0.05, 0) is 34.0 Å². The average molecular weight is 332 g/mol. The zero-order valence-corrected chi connectivity index (χ0v) is 13.0. The van der Waals surface area contributed by atoms with Gasteiger partial charge in [-0.1, -0.05) is 13.8 Å². The van der Waals surface area contributed by atoms with Crippen molar-refractivity contribution in [2.75, 3.05) is 20.8 Å². The third-order valence-corrected chi connectivity index (χ3v) is 2.87. The zero-order chi connectivity index (χ0) is 14.4. The standard InChI is InChI=1S/C13H18BrNO4/c1-8(2)7-19-15-13(16)10-5-9(17-3)6-11(14)12(10)18-4/h5-6,8H,7H2,1-4H3,(H,15,16). The molecule has 0 atom stereocenters. The van der Waals surface area contributed by atoms with Gasteiger partial charge in [-0.15, -0.1) is 0 Å². The molecule has 5 nitrogen and oxygen atoms in total. The molecule has 0 aromatic heterocycles. The van der Waals surface area contributed by atoms with Crippen LogP contribution in [0.25, 0.3) is 0 Å². The minimum absolute atomic E-state index is 0.333. The van der Waals surface area contributed by atoms with Gasteiger partial charge >= 0.3 is 0 Å². The molecule has 0 heterocycles. The zero-order valence-electron chi connectivity index (χ0n) is 11.5. The average Bonchev–Trinajstić information content (AvgIpc) is 2.37. The summed E-state index contributed by atoms with van der Waals surface area (Å²) < 4.78 is 11.0. The Morgan fingerprint density at radius 3 is 2.53 bits per heavy atom. The highest BCUT2D eigenvalue weighted by atomic mass is 79.9. The first kappa shape index (κ1) is 15.8. The fraction of sp³-hybridized carbons (Fsp3) is 0.462. The van der Waals surface area contributed by atoms with Crippen LogP contribution in [0.3, 0.4) is 0 Å². The van der Waals surface area contributed by atoms with Gasteiger partial charge in [-0.2, -0.15) is 0 Å². The molecule has 106 valence electrons. The van der Waals surface area contributed by atoms with E-state index in [9.17, 15) is 4.79 Å². The highest BCUT2D eigenvalue weighted by Gasteiger charge is 2.17. The summed E-state index contributed by atoms with van der Waals surface area (Å²) in [6.07, 6.45) is 0. The Labute approximate surface area is 121 Å². The predicted molar refractivity (Wildman–Crippen MR) is 75.5 cm³/mol. The number of hydrogen-bond acceptors (Lipinski definition) is 4. The molecule has 1 aromatic carbocycles. The van der Waals surface area contributed by atoms with Gasteiger partial charge in [0.05, 0.1) is 30.9 Å². The van der Waals surface area contributed by atoms with Crippen LogP contribution in [-0.4, -0.2) is 26.7 Å². The van der Waals surface area contributed by atoms with Crippen LogP contribution in [-0.2, 0) is 4.84 Å². The van der Waals surface area contributed by atoms with Crippen LogP contribution in [0.2, 0.25) is 0 Å². The van der Waals surface area contributed by atoms with E-state index >= 15 is 0 Å². The van der Waals surface area contributed by atoms with Crippen LogP contribution in [0.4, 0.5) is 0 Å². The van der Waals surface area contributed by atoms with E-state index in [1.54, 1.807) is 12.1 Å². The lowest BCUT2D eigenvalue weighted by Crippen LogP contribution is -2.26. The van der Waals surface area contributed by atoms with Crippen LogP contribution in [0.15, 0.2) is 16.6 Å². The van der Waals surface area contributed by atoms with E-state index < -0.39 is 0 Å². The highest BCUT2D eigenvalue weighted by Crippen LogP contribution is 2.33. The first-order valence-electron chi connectivity index (χ1n) is 5.83. The summed E-state index contributed by atoms with van der Waals surface area (Å²) in [4.78, 5) is 17.1. The van der Waals surface area contributed by atoms with Crippen LogP contribution in [0.1, 0.15) is 24.2 Å². The molecule has 0 aliphatic rings.